The normalized spacial score (nSPS) is 11.4. The summed E-state index contributed by atoms with van der Waals surface area (Å²) in [7, 11) is 0. The molecule has 0 unspecified atom stereocenters. The van der Waals surface area contributed by atoms with Crippen LogP contribution < -0.4 is 0 Å². The number of hydrogen-bond donors (Lipinski definition) is 0. The van der Waals surface area contributed by atoms with Crippen molar-refractivity contribution in [2.24, 2.45) is 0 Å². The molecule has 5 heteroatoms. The molecule has 0 spiro atoms. The molecule has 0 radical (unpaired) electrons. The molecule has 5 nitrogen and oxygen atoms in total. The first-order chi connectivity index (χ1) is 9.83. The van der Waals surface area contributed by atoms with E-state index in [1.54, 1.807) is 0 Å². The average Bonchev–Trinajstić information content (AvgIpc) is 3.05. The minimum Gasteiger partial charge on any atom is -0.311 e. The van der Waals surface area contributed by atoms with Gasteiger partial charge < -0.3 is 4.57 Å². The van der Waals surface area contributed by atoms with Crippen LogP contribution in [0.1, 0.15) is 11.3 Å². The smallest absolute Gasteiger partial charge is 0.168 e. The van der Waals surface area contributed by atoms with Crippen LogP contribution in [-0.2, 0) is 6.54 Å². The highest BCUT2D eigenvalue weighted by Gasteiger charge is 2.10. The lowest BCUT2D eigenvalue weighted by Crippen LogP contribution is -2.00. The minimum absolute atomic E-state index is 0.764. The van der Waals surface area contributed by atoms with Crippen LogP contribution in [-0.4, -0.2) is 23.9 Å². The van der Waals surface area contributed by atoms with Crippen molar-refractivity contribution in [3.05, 3.63) is 60.4 Å². The summed E-state index contributed by atoms with van der Waals surface area (Å²) in [5.74, 6) is 0. The van der Waals surface area contributed by atoms with Crippen molar-refractivity contribution in [2.45, 2.75) is 13.5 Å². The second-order valence-corrected chi connectivity index (χ2v) is 4.87. The van der Waals surface area contributed by atoms with Gasteiger partial charge in [-0.25, -0.2) is 15.0 Å². The minimum atomic E-state index is 0.764. The third kappa shape index (κ3) is 1.60. The Morgan fingerprint density at radius 1 is 0.950 bits per heavy atom. The zero-order valence-corrected chi connectivity index (χ0v) is 11.1. The Balaban J connectivity index is 1.87. The summed E-state index contributed by atoms with van der Waals surface area (Å²) >= 11 is 0. The summed E-state index contributed by atoms with van der Waals surface area (Å²) in [6.07, 6.45) is 5.48. The Hall–Kier alpha value is -2.69. The molecule has 0 saturated carbocycles. The van der Waals surface area contributed by atoms with E-state index in [1.807, 2.05) is 48.4 Å². The van der Waals surface area contributed by atoms with Crippen LogP contribution in [0.5, 0.6) is 0 Å². The van der Waals surface area contributed by atoms with E-state index in [1.165, 1.54) is 5.56 Å². The SMILES string of the molecule is Cc1cnc2c3ncn(Cc4ccccc4)c3ncn12. The van der Waals surface area contributed by atoms with Crippen molar-refractivity contribution >= 4 is 16.8 Å². The van der Waals surface area contributed by atoms with E-state index in [4.69, 9.17) is 0 Å². The number of fused-ring (bicyclic) bond motifs is 3. The van der Waals surface area contributed by atoms with Gasteiger partial charge in [0.2, 0.25) is 0 Å². The molecule has 0 fully saturated rings. The van der Waals surface area contributed by atoms with Gasteiger partial charge in [-0.2, -0.15) is 0 Å². The zero-order valence-electron chi connectivity index (χ0n) is 11.1. The van der Waals surface area contributed by atoms with Crippen molar-refractivity contribution in [1.29, 1.82) is 0 Å². The van der Waals surface area contributed by atoms with Crippen LogP contribution in [0.25, 0.3) is 16.8 Å². The molecular weight excluding hydrogens is 250 g/mol. The maximum absolute atomic E-state index is 4.52. The molecule has 98 valence electrons. The van der Waals surface area contributed by atoms with Gasteiger partial charge in [-0.1, -0.05) is 30.3 Å². The molecule has 0 aliphatic rings. The van der Waals surface area contributed by atoms with E-state index in [0.717, 1.165) is 29.0 Å². The van der Waals surface area contributed by atoms with Gasteiger partial charge in [-0.05, 0) is 12.5 Å². The van der Waals surface area contributed by atoms with E-state index in [0.29, 0.717) is 0 Å². The highest BCUT2D eigenvalue weighted by molar-refractivity contribution is 5.85. The van der Waals surface area contributed by atoms with Crippen LogP contribution in [0, 0.1) is 6.92 Å². The number of rotatable bonds is 2. The fourth-order valence-electron chi connectivity index (χ4n) is 2.44. The predicted octanol–water partition coefficient (Wildman–Crippen LogP) is 2.44. The predicted molar refractivity (Wildman–Crippen MR) is 76.6 cm³/mol. The Bertz CT molecular complexity index is 889. The Kier molecular flexibility index (Phi) is 2.32. The van der Waals surface area contributed by atoms with E-state index < -0.39 is 0 Å². The Labute approximate surface area is 115 Å². The Morgan fingerprint density at radius 2 is 1.80 bits per heavy atom. The topological polar surface area (TPSA) is 48.0 Å². The number of benzene rings is 1. The van der Waals surface area contributed by atoms with Gasteiger partial charge in [0, 0.05) is 11.9 Å². The molecule has 0 aliphatic carbocycles. The van der Waals surface area contributed by atoms with Gasteiger partial charge in [-0.15, -0.1) is 0 Å². The first-order valence-corrected chi connectivity index (χ1v) is 6.50. The third-order valence-electron chi connectivity index (χ3n) is 3.49. The lowest BCUT2D eigenvalue weighted by Gasteiger charge is -2.04. The molecule has 3 heterocycles. The molecule has 4 rings (SSSR count). The largest absolute Gasteiger partial charge is 0.311 e. The van der Waals surface area contributed by atoms with Crippen molar-refractivity contribution in [3.63, 3.8) is 0 Å². The molecule has 3 aromatic heterocycles. The maximum Gasteiger partial charge on any atom is 0.168 e. The summed E-state index contributed by atoms with van der Waals surface area (Å²) in [5.41, 5.74) is 4.86. The van der Waals surface area contributed by atoms with E-state index in [2.05, 4.69) is 31.7 Å². The fraction of sp³-hybridized carbons (Fsp3) is 0.133. The highest BCUT2D eigenvalue weighted by Crippen LogP contribution is 2.17. The second kappa shape index (κ2) is 4.16. The molecule has 0 bridgehead atoms. The molecule has 0 N–H and O–H groups in total. The first kappa shape index (κ1) is 11.2. The van der Waals surface area contributed by atoms with Crippen LogP contribution >= 0.6 is 0 Å². The maximum atomic E-state index is 4.52. The summed E-state index contributed by atoms with van der Waals surface area (Å²) in [6.45, 7) is 2.77. The summed E-state index contributed by atoms with van der Waals surface area (Å²) in [4.78, 5) is 13.4. The van der Waals surface area contributed by atoms with E-state index in [-0.39, 0.29) is 0 Å². The van der Waals surface area contributed by atoms with Gasteiger partial charge >= 0.3 is 0 Å². The van der Waals surface area contributed by atoms with Gasteiger partial charge in [0.1, 0.15) is 6.33 Å². The van der Waals surface area contributed by atoms with Crippen molar-refractivity contribution < 1.29 is 0 Å². The van der Waals surface area contributed by atoms with Crippen LogP contribution in [0.3, 0.4) is 0 Å². The second-order valence-electron chi connectivity index (χ2n) is 4.87. The number of nitrogens with zero attached hydrogens (tertiary/aromatic N) is 5. The summed E-state index contributed by atoms with van der Waals surface area (Å²) < 4.78 is 4.01. The van der Waals surface area contributed by atoms with Crippen molar-refractivity contribution in [2.75, 3.05) is 0 Å². The zero-order chi connectivity index (χ0) is 13.5. The van der Waals surface area contributed by atoms with Gasteiger partial charge in [0.15, 0.2) is 16.8 Å². The quantitative estimate of drug-likeness (QED) is 0.558. The lowest BCUT2D eigenvalue weighted by atomic mass is 10.2. The van der Waals surface area contributed by atoms with Gasteiger partial charge in [-0.3, -0.25) is 4.40 Å². The molecule has 20 heavy (non-hydrogen) atoms. The van der Waals surface area contributed by atoms with Crippen LogP contribution in [0.15, 0.2) is 49.2 Å². The standard InChI is InChI=1S/C15H13N5/c1-11-7-16-15-13-14(18-10-20(11)15)19(9-17-13)8-12-5-3-2-4-6-12/h2-7,9-10H,8H2,1H3. The number of imidazole rings is 2. The molecule has 0 atom stereocenters. The molecule has 0 amide bonds. The van der Waals surface area contributed by atoms with E-state index >= 15 is 0 Å². The van der Waals surface area contributed by atoms with Gasteiger partial charge in [0.25, 0.3) is 0 Å². The average molecular weight is 263 g/mol. The lowest BCUT2D eigenvalue weighted by molar-refractivity contribution is 0.812. The van der Waals surface area contributed by atoms with E-state index in [9.17, 15) is 0 Å². The fourth-order valence-corrected chi connectivity index (χ4v) is 2.44. The van der Waals surface area contributed by atoms with Crippen LogP contribution in [0.2, 0.25) is 0 Å². The van der Waals surface area contributed by atoms with Gasteiger partial charge in [0.05, 0.1) is 12.9 Å². The number of aryl methyl sites for hydroxylation is 1. The van der Waals surface area contributed by atoms with Crippen molar-refractivity contribution in [3.8, 4) is 0 Å². The molecule has 0 saturated heterocycles. The number of hydrogen-bond acceptors (Lipinski definition) is 3. The van der Waals surface area contributed by atoms with Crippen molar-refractivity contribution in [1.82, 2.24) is 23.9 Å². The molecular formula is C15H13N5. The number of aromatic nitrogens is 5. The Morgan fingerprint density at radius 3 is 2.65 bits per heavy atom. The first-order valence-electron chi connectivity index (χ1n) is 6.50. The summed E-state index contributed by atoms with van der Waals surface area (Å²) in [5, 5.41) is 0. The summed E-state index contributed by atoms with van der Waals surface area (Å²) in [6, 6.07) is 10.3. The molecule has 0 aliphatic heterocycles. The molecule has 1 aromatic carbocycles. The van der Waals surface area contributed by atoms with Crippen LogP contribution in [0.4, 0.5) is 0 Å². The third-order valence-corrected chi connectivity index (χ3v) is 3.49. The molecule has 4 aromatic rings. The monoisotopic (exact) mass is 263 g/mol. The highest BCUT2D eigenvalue weighted by atomic mass is 15.2.